The van der Waals surface area contributed by atoms with Crippen molar-refractivity contribution in [3.05, 3.63) is 82.1 Å². The monoisotopic (exact) mass is 575 g/mol. The Labute approximate surface area is 218 Å². The normalized spacial score (nSPS) is 14.3. The molecule has 0 radical (unpaired) electrons. The highest BCUT2D eigenvalue weighted by atomic mass is 79.9. The van der Waals surface area contributed by atoms with Gasteiger partial charge in [0.15, 0.2) is 11.6 Å². The van der Waals surface area contributed by atoms with Gasteiger partial charge in [-0.25, -0.2) is 4.98 Å². The summed E-state index contributed by atoms with van der Waals surface area (Å²) < 4.78 is 47.1. The summed E-state index contributed by atoms with van der Waals surface area (Å²) in [7, 11) is 0. The molecule has 3 aromatic rings. The van der Waals surface area contributed by atoms with Crippen LogP contribution in [0.4, 0.5) is 30.6 Å². The summed E-state index contributed by atoms with van der Waals surface area (Å²) in [4.78, 5) is 18.6. The van der Waals surface area contributed by atoms with Crippen LogP contribution >= 0.6 is 15.9 Å². The number of hydrogen-bond donors (Lipinski definition) is 3. The van der Waals surface area contributed by atoms with Crippen LogP contribution < -0.4 is 15.5 Å². The molecular formula is C24H21BrF3N7O2. The summed E-state index contributed by atoms with van der Waals surface area (Å²) in [5.41, 5.74) is -0.995. The first kappa shape index (κ1) is 26.2. The molecule has 192 valence electrons. The number of aromatic nitrogens is 3. The van der Waals surface area contributed by atoms with Crippen molar-refractivity contribution in [3.8, 4) is 0 Å². The fourth-order valence-electron chi connectivity index (χ4n) is 3.36. The Morgan fingerprint density at radius 2 is 1.73 bits per heavy atom. The number of benzene rings is 1. The first-order valence-electron chi connectivity index (χ1n) is 11.0. The number of halogens is 4. The molecule has 0 atom stereocenters. The first-order chi connectivity index (χ1) is 17.7. The van der Waals surface area contributed by atoms with E-state index >= 15 is 0 Å². The summed E-state index contributed by atoms with van der Waals surface area (Å²) >= 11 is 3.28. The number of rotatable bonds is 7. The maximum Gasteiger partial charge on any atom is 0.431 e. The van der Waals surface area contributed by atoms with E-state index in [1.54, 1.807) is 36.4 Å². The molecule has 13 heteroatoms. The molecule has 4 rings (SSSR count). The third kappa shape index (κ3) is 7.11. The van der Waals surface area contributed by atoms with Gasteiger partial charge in [0.25, 0.3) is 5.91 Å². The quantitative estimate of drug-likeness (QED) is 0.351. The van der Waals surface area contributed by atoms with Crippen molar-refractivity contribution in [1.29, 1.82) is 5.41 Å². The second-order valence-electron chi connectivity index (χ2n) is 7.87. The van der Waals surface area contributed by atoms with Crippen LogP contribution in [-0.4, -0.2) is 59.3 Å². The summed E-state index contributed by atoms with van der Waals surface area (Å²) in [6.45, 7) is 2.48. The third-order valence-electron chi connectivity index (χ3n) is 5.24. The minimum atomic E-state index is -4.79. The van der Waals surface area contributed by atoms with Crippen molar-refractivity contribution in [1.82, 2.24) is 15.2 Å². The van der Waals surface area contributed by atoms with Crippen molar-refractivity contribution in [2.75, 3.05) is 41.8 Å². The fraction of sp³-hybridized carbons (Fsp3) is 0.208. The van der Waals surface area contributed by atoms with Crippen molar-refractivity contribution in [3.63, 3.8) is 0 Å². The number of ether oxygens (including phenoxy) is 1. The zero-order chi connectivity index (χ0) is 26.4. The number of pyridine rings is 1. The third-order valence-corrected chi connectivity index (χ3v) is 5.74. The molecule has 1 saturated heterocycles. The summed E-state index contributed by atoms with van der Waals surface area (Å²) in [6.07, 6.45) is -2.76. The molecule has 0 saturated carbocycles. The Hall–Kier alpha value is -3.84. The lowest BCUT2D eigenvalue weighted by atomic mass is 10.1. The minimum absolute atomic E-state index is 0.0623. The van der Waals surface area contributed by atoms with Crippen LogP contribution in [0.3, 0.4) is 0 Å². The lowest BCUT2D eigenvalue weighted by Crippen LogP contribution is -2.36. The zero-order valence-electron chi connectivity index (χ0n) is 19.2. The van der Waals surface area contributed by atoms with E-state index in [1.165, 1.54) is 18.3 Å². The molecule has 37 heavy (non-hydrogen) atoms. The molecule has 1 fully saturated rings. The second-order valence-corrected chi connectivity index (χ2v) is 8.78. The maximum atomic E-state index is 13.7. The standard InChI is InChI=1S/C24H21BrF3N7O2/c25-17-3-1-2-15(12-17)23(36)32-21-6-5-20(33-34-21)31-19(24(26,27)28)13-18(29)16-4-7-22(30-14-16)35-8-10-37-11-9-35/h1-7,12-14,29H,8-11H2,(H,31,33)(H,32,34,36)/b19-13-,29-18?. The average Bonchev–Trinajstić information content (AvgIpc) is 2.89. The molecule has 1 aliphatic rings. The van der Waals surface area contributed by atoms with E-state index < -0.39 is 17.8 Å². The Kier molecular flexibility index (Phi) is 8.14. The fourth-order valence-corrected chi connectivity index (χ4v) is 3.76. The Morgan fingerprint density at radius 1 is 1.03 bits per heavy atom. The molecule has 1 aromatic carbocycles. The Balaban J connectivity index is 1.44. The predicted molar refractivity (Wildman–Crippen MR) is 136 cm³/mol. The molecule has 0 unspecified atom stereocenters. The Morgan fingerprint density at radius 3 is 2.32 bits per heavy atom. The van der Waals surface area contributed by atoms with Crippen LogP contribution in [0.25, 0.3) is 0 Å². The molecule has 3 N–H and O–H groups in total. The van der Waals surface area contributed by atoms with E-state index in [0.717, 1.165) is 0 Å². The second kappa shape index (κ2) is 11.5. The van der Waals surface area contributed by atoms with Crippen molar-refractivity contribution in [2.24, 2.45) is 0 Å². The summed E-state index contributed by atoms with van der Waals surface area (Å²) in [5, 5.41) is 20.3. The zero-order valence-corrected chi connectivity index (χ0v) is 20.8. The van der Waals surface area contributed by atoms with Crippen LogP contribution in [-0.2, 0) is 4.74 Å². The van der Waals surface area contributed by atoms with Crippen molar-refractivity contribution >= 4 is 45.0 Å². The van der Waals surface area contributed by atoms with E-state index in [-0.39, 0.29) is 22.9 Å². The van der Waals surface area contributed by atoms with Crippen LogP contribution in [0.2, 0.25) is 0 Å². The topological polar surface area (TPSA) is 116 Å². The molecule has 3 heterocycles. The van der Waals surface area contributed by atoms with Crippen LogP contribution in [0.5, 0.6) is 0 Å². The molecule has 1 aliphatic heterocycles. The number of nitrogens with one attached hydrogen (secondary N) is 3. The Bertz CT molecular complexity index is 1290. The van der Waals surface area contributed by atoms with E-state index in [9.17, 15) is 18.0 Å². The van der Waals surface area contributed by atoms with Gasteiger partial charge in [0.1, 0.15) is 11.5 Å². The molecule has 0 spiro atoms. The van der Waals surface area contributed by atoms with Crippen LogP contribution in [0.15, 0.2) is 71.0 Å². The summed E-state index contributed by atoms with van der Waals surface area (Å²) in [5.74, 6) is 0.0686. The molecule has 0 aliphatic carbocycles. The van der Waals surface area contributed by atoms with Gasteiger partial charge in [-0.2, -0.15) is 13.2 Å². The molecule has 9 nitrogen and oxygen atoms in total. The molecule has 1 amide bonds. The first-order valence-corrected chi connectivity index (χ1v) is 11.8. The van der Waals surface area contributed by atoms with E-state index in [1.807, 2.05) is 4.90 Å². The largest absolute Gasteiger partial charge is 0.431 e. The molecular weight excluding hydrogens is 555 g/mol. The number of morpholine rings is 1. The molecule has 2 aromatic heterocycles. The van der Waals surface area contributed by atoms with Crippen molar-refractivity contribution in [2.45, 2.75) is 6.18 Å². The van der Waals surface area contributed by atoms with Gasteiger partial charge in [-0.05, 0) is 48.5 Å². The van der Waals surface area contributed by atoms with E-state index in [2.05, 4.69) is 41.7 Å². The highest BCUT2D eigenvalue weighted by Crippen LogP contribution is 2.27. The lowest BCUT2D eigenvalue weighted by molar-refractivity contribution is -0.0901. The van der Waals surface area contributed by atoms with Gasteiger partial charge in [0.2, 0.25) is 0 Å². The van der Waals surface area contributed by atoms with Crippen LogP contribution in [0, 0.1) is 5.41 Å². The van der Waals surface area contributed by atoms with E-state index in [0.29, 0.717) is 48.2 Å². The highest BCUT2D eigenvalue weighted by molar-refractivity contribution is 9.10. The smallest absolute Gasteiger partial charge is 0.378 e. The predicted octanol–water partition coefficient (Wildman–Crippen LogP) is 4.65. The van der Waals surface area contributed by atoms with Gasteiger partial charge in [-0.15, -0.1) is 10.2 Å². The number of amides is 1. The number of nitrogens with zero attached hydrogens (tertiary/aromatic N) is 4. The number of carbonyl (C=O) groups is 1. The number of hydrogen-bond acceptors (Lipinski definition) is 8. The number of allylic oxidation sites excluding steroid dienone is 2. The van der Waals surface area contributed by atoms with Gasteiger partial charge < -0.3 is 25.7 Å². The number of anilines is 3. The highest BCUT2D eigenvalue weighted by Gasteiger charge is 2.34. The van der Waals surface area contributed by atoms with Crippen molar-refractivity contribution < 1.29 is 22.7 Å². The lowest BCUT2D eigenvalue weighted by Gasteiger charge is -2.27. The van der Waals surface area contributed by atoms with Gasteiger partial charge in [-0.3, -0.25) is 4.79 Å². The maximum absolute atomic E-state index is 13.7. The van der Waals surface area contributed by atoms with E-state index in [4.69, 9.17) is 10.1 Å². The van der Waals surface area contributed by atoms with Gasteiger partial charge in [-0.1, -0.05) is 22.0 Å². The minimum Gasteiger partial charge on any atom is -0.378 e. The van der Waals surface area contributed by atoms with Gasteiger partial charge in [0.05, 0.1) is 18.9 Å². The summed E-state index contributed by atoms with van der Waals surface area (Å²) in [6, 6.07) is 12.4. The van der Waals surface area contributed by atoms with Crippen LogP contribution in [0.1, 0.15) is 15.9 Å². The van der Waals surface area contributed by atoms with Gasteiger partial charge in [0, 0.05) is 34.9 Å². The number of alkyl halides is 3. The average molecular weight is 576 g/mol. The van der Waals surface area contributed by atoms with Gasteiger partial charge >= 0.3 is 6.18 Å². The number of carbonyl (C=O) groups excluding carboxylic acids is 1. The SMILES string of the molecule is N=C(/C=C(\Nc1ccc(NC(=O)c2cccc(Br)c2)nn1)C(F)(F)F)c1ccc(N2CCOCC2)nc1. The molecule has 0 bridgehead atoms.